The minimum absolute atomic E-state index is 0.0556. The van der Waals surface area contributed by atoms with E-state index >= 15 is 0 Å². The Morgan fingerprint density at radius 3 is 2.82 bits per heavy atom. The van der Waals surface area contributed by atoms with Crippen LogP contribution in [0.4, 0.5) is 0 Å². The van der Waals surface area contributed by atoms with Gasteiger partial charge in [0.05, 0.1) is 14.7 Å². The molecule has 1 radical (unpaired) electrons. The Bertz CT molecular complexity index is 148. The highest BCUT2D eigenvalue weighted by Crippen LogP contribution is 2.24. The second-order valence-corrected chi connectivity index (χ2v) is 5.21. The van der Waals surface area contributed by atoms with Crippen LogP contribution in [-0.2, 0) is 4.74 Å². The standard InChI is InChI=1S/C9H15OSi/c1-3-9(11-4-2)7-5-6-8-10-9/h1,3-4H,2,5-8,11H2. The molecule has 0 amide bonds. The summed E-state index contributed by atoms with van der Waals surface area (Å²) in [6.07, 6.45) is 5.26. The maximum Gasteiger partial charge on any atom is 0.0876 e. The summed E-state index contributed by atoms with van der Waals surface area (Å²) in [6, 6.07) is 0. The van der Waals surface area contributed by atoms with Crippen molar-refractivity contribution in [3.8, 4) is 0 Å². The zero-order chi connectivity index (χ0) is 8.16. The Morgan fingerprint density at radius 1 is 1.55 bits per heavy atom. The Balaban J connectivity index is 2.56. The van der Waals surface area contributed by atoms with Crippen LogP contribution in [0.3, 0.4) is 0 Å². The molecule has 11 heavy (non-hydrogen) atoms. The molecule has 1 aliphatic rings. The molecule has 1 unspecified atom stereocenters. The lowest BCUT2D eigenvalue weighted by Crippen LogP contribution is -2.39. The van der Waals surface area contributed by atoms with E-state index in [0.717, 1.165) is 13.0 Å². The van der Waals surface area contributed by atoms with Crippen LogP contribution in [0.1, 0.15) is 19.3 Å². The molecule has 1 saturated heterocycles. The smallest absolute Gasteiger partial charge is 0.0876 e. The lowest BCUT2D eigenvalue weighted by Gasteiger charge is -2.33. The first-order valence-electron chi connectivity index (χ1n) is 4.14. The topological polar surface area (TPSA) is 9.23 Å². The average molecular weight is 167 g/mol. The summed E-state index contributed by atoms with van der Waals surface area (Å²) < 4.78 is 5.67. The van der Waals surface area contributed by atoms with E-state index in [1.165, 1.54) is 12.8 Å². The van der Waals surface area contributed by atoms with Crippen LogP contribution < -0.4 is 0 Å². The molecule has 1 nitrogen and oxygen atoms in total. The highest BCUT2D eigenvalue weighted by Gasteiger charge is 2.28. The van der Waals surface area contributed by atoms with Gasteiger partial charge in [0, 0.05) is 6.61 Å². The van der Waals surface area contributed by atoms with Crippen LogP contribution in [0.5, 0.6) is 0 Å². The van der Waals surface area contributed by atoms with Gasteiger partial charge in [-0.3, -0.25) is 0 Å². The summed E-state index contributed by atoms with van der Waals surface area (Å²) in [5, 5.41) is -0.0556. The highest BCUT2D eigenvalue weighted by atomic mass is 28.2. The van der Waals surface area contributed by atoms with Crippen LogP contribution in [0.25, 0.3) is 0 Å². The van der Waals surface area contributed by atoms with E-state index in [1.54, 1.807) is 6.08 Å². The molecule has 0 aromatic rings. The van der Waals surface area contributed by atoms with Crippen LogP contribution in [-0.4, -0.2) is 21.4 Å². The fraction of sp³-hybridized carbons (Fsp3) is 0.556. The van der Waals surface area contributed by atoms with Crippen LogP contribution in [0.2, 0.25) is 0 Å². The Kier molecular flexibility index (Phi) is 3.09. The summed E-state index contributed by atoms with van der Waals surface area (Å²) in [5.41, 5.74) is 2.01. The molecule has 1 aliphatic heterocycles. The first-order valence-corrected chi connectivity index (χ1v) is 5.66. The van der Waals surface area contributed by atoms with Crippen LogP contribution >= 0.6 is 0 Å². The fourth-order valence-corrected chi connectivity index (χ4v) is 2.82. The molecule has 0 aliphatic carbocycles. The van der Waals surface area contributed by atoms with Gasteiger partial charge in [0.2, 0.25) is 0 Å². The summed E-state index contributed by atoms with van der Waals surface area (Å²) in [4.78, 5) is 0. The summed E-state index contributed by atoms with van der Waals surface area (Å²) >= 11 is 0. The molecule has 0 aromatic heterocycles. The zero-order valence-electron chi connectivity index (χ0n) is 6.88. The third-order valence-corrected chi connectivity index (χ3v) is 3.95. The molecule has 0 aromatic carbocycles. The first-order chi connectivity index (χ1) is 5.33. The van der Waals surface area contributed by atoms with Crippen LogP contribution in [0.15, 0.2) is 18.4 Å². The van der Waals surface area contributed by atoms with Gasteiger partial charge in [0.25, 0.3) is 0 Å². The Labute approximate surface area is 71.0 Å². The Morgan fingerprint density at radius 2 is 2.36 bits per heavy atom. The normalized spacial score (nSPS) is 32.4. The molecule has 1 rings (SSSR count). The van der Waals surface area contributed by atoms with E-state index in [-0.39, 0.29) is 14.7 Å². The predicted molar refractivity (Wildman–Crippen MR) is 50.1 cm³/mol. The summed E-state index contributed by atoms with van der Waals surface area (Å²) in [5.74, 6) is 0. The van der Waals surface area contributed by atoms with E-state index in [9.17, 15) is 0 Å². The molecular weight excluding hydrogens is 152 g/mol. The average Bonchev–Trinajstić information content (AvgIpc) is 2.07. The maximum absolute atomic E-state index is 5.67. The highest BCUT2D eigenvalue weighted by molar-refractivity contribution is 6.46. The molecule has 61 valence electrons. The lowest BCUT2D eigenvalue weighted by molar-refractivity contribution is 0.0136. The molecule has 0 N–H and O–H groups in total. The van der Waals surface area contributed by atoms with E-state index in [1.807, 2.05) is 5.70 Å². The second kappa shape index (κ2) is 3.88. The van der Waals surface area contributed by atoms with Gasteiger partial charge < -0.3 is 4.74 Å². The van der Waals surface area contributed by atoms with Gasteiger partial charge >= 0.3 is 0 Å². The van der Waals surface area contributed by atoms with E-state index < -0.39 is 0 Å². The fourth-order valence-electron chi connectivity index (χ4n) is 1.48. The van der Waals surface area contributed by atoms with Crippen molar-refractivity contribution in [2.24, 2.45) is 0 Å². The number of ether oxygens (including phenoxy) is 1. The zero-order valence-corrected chi connectivity index (χ0v) is 8.30. The number of hydrogen-bond donors (Lipinski definition) is 0. The second-order valence-electron chi connectivity index (χ2n) is 3.03. The third-order valence-electron chi connectivity index (χ3n) is 2.18. The van der Waals surface area contributed by atoms with Crippen molar-refractivity contribution in [3.63, 3.8) is 0 Å². The summed E-state index contributed by atoms with van der Waals surface area (Å²) in [6.45, 7) is 10.2. The third kappa shape index (κ3) is 2.04. The lowest BCUT2D eigenvalue weighted by atomic mass is 10.1. The Hall–Kier alpha value is -0.343. The largest absolute Gasteiger partial charge is 0.375 e. The van der Waals surface area contributed by atoms with Gasteiger partial charge in [0.1, 0.15) is 0 Å². The van der Waals surface area contributed by atoms with Crippen molar-refractivity contribution in [3.05, 3.63) is 24.9 Å². The van der Waals surface area contributed by atoms with Crippen molar-refractivity contribution in [2.75, 3.05) is 6.61 Å². The van der Waals surface area contributed by atoms with Gasteiger partial charge in [-0.05, 0) is 19.3 Å². The molecule has 0 bridgehead atoms. The van der Waals surface area contributed by atoms with E-state index in [0.29, 0.717) is 0 Å². The van der Waals surface area contributed by atoms with Crippen molar-refractivity contribution in [2.45, 2.75) is 24.5 Å². The van der Waals surface area contributed by atoms with Crippen LogP contribution in [0, 0.1) is 6.58 Å². The molecule has 1 atom stereocenters. The van der Waals surface area contributed by atoms with Crippen molar-refractivity contribution < 1.29 is 4.74 Å². The van der Waals surface area contributed by atoms with E-state index in [2.05, 4.69) is 6.58 Å². The van der Waals surface area contributed by atoms with Gasteiger partial charge in [-0.2, -0.15) is 0 Å². The maximum atomic E-state index is 5.67. The SMILES string of the molecule is [CH]=CC1([SiH2]C=C)CCCCO1. The van der Waals surface area contributed by atoms with Gasteiger partial charge in [-0.1, -0.05) is 12.7 Å². The van der Waals surface area contributed by atoms with Crippen molar-refractivity contribution in [1.29, 1.82) is 0 Å². The minimum Gasteiger partial charge on any atom is -0.375 e. The molecular formula is C9H15OSi. The van der Waals surface area contributed by atoms with Gasteiger partial charge in [-0.25, -0.2) is 0 Å². The number of hydrogen-bond acceptors (Lipinski definition) is 1. The quantitative estimate of drug-likeness (QED) is 0.574. The van der Waals surface area contributed by atoms with E-state index in [4.69, 9.17) is 11.3 Å². The van der Waals surface area contributed by atoms with Crippen molar-refractivity contribution in [1.82, 2.24) is 0 Å². The molecule has 0 saturated carbocycles. The molecule has 2 heteroatoms. The molecule has 1 fully saturated rings. The molecule has 1 heterocycles. The molecule has 0 spiro atoms. The number of rotatable bonds is 3. The summed E-state index contributed by atoms with van der Waals surface area (Å²) in [7, 11) is -0.370. The first kappa shape index (κ1) is 8.75. The predicted octanol–water partition coefficient (Wildman–Crippen LogP) is 1.18. The monoisotopic (exact) mass is 167 g/mol. The van der Waals surface area contributed by atoms with Gasteiger partial charge in [-0.15, -0.1) is 12.3 Å². The van der Waals surface area contributed by atoms with Crippen molar-refractivity contribution >= 4 is 9.52 Å². The van der Waals surface area contributed by atoms with Gasteiger partial charge in [0.15, 0.2) is 0 Å². The minimum atomic E-state index is -0.370.